The third-order valence-corrected chi connectivity index (χ3v) is 3.92. The molecule has 0 aromatic heterocycles. The van der Waals surface area contributed by atoms with Gasteiger partial charge >= 0.3 is 5.97 Å². The minimum absolute atomic E-state index is 0.111. The fourth-order valence-electron chi connectivity index (χ4n) is 2.51. The Hall–Kier alpha value is -1.06. The lowest BCUT2D eigenvalue weighted by atomic mass is 9.77. The number of aliphatic carboxylic acids is 1. The second-order valence-corrected chi connectivity index (χ2v) is 5.58. The van der Waals surface area contributed by atoms with E-state index in [0.717, 1.165) is 32.1 Å². The Labute approximate surface area is 109 Å². The molecule has 1 amide bonds. The van der Waals surface area contributed by atoms with Crippen LogP contribution < -0.4 is 5.32 Å². The van der Waals surface area contributed by atoms with E-state index in [4.69, 9.17) is 0 Å². The summed E-state index contributed by atoms with van der Waals surface area (Å²) in [5.74, 6) is -0.423. The summed E-state index contributed by atoms with van der Waals surface area (Å²) in [6.07, 6.45) is 6.24. The highest BCUT2D eigenvalue weighted by molar-refractivity contribution is 5.87. The molecule has 1 aliphatic rings. The number of carboxylic acids is 1. The maximum Gasteiger partial charge on any atom is 0.329 e. The Morgan fingerprint density at radius 1 is 1.28 bits per heavy atom. The molecule has 18 heavy (non-hydrogen) atoms. The van der Waals surface area contributed by atoms with Crippen molar-refractivity contribution in [1.29, 1.82) is 0 Å². The number of rotatable bonds is 6. The van der Waals surface area contributed by atoms with Crippen molar-refractivity contribution in [3.8, 4) is 0 Å². The monoisotopic (exact) mass is 255 g/mol. The zero-order chi connectivity index (χ0) is 13.6. The highest BCUT2D eigenvalue weighted by atomic mass is 16.4. The number of hydrogen-bond donors (Lipinski definition) is 2. The molecule has 0 bridgehead atoms. The van der Waals surface area contributed by atoms with Gasteiger partial charge < -0.3 is 10.4 Å². The van der Waals surface area contributed by atoms with Crippen molar-refractivity contribution in [2.75, 3.05) is 0 Å². The van der Waals surface area contributed by atoms with Crippen molar-refractivity contribution in [3.05, 3.63) is 0 Å². The van der Waals surface area contributed by atoms with Gasteiger partial charge in [0.05, 0.1) is 0 Å². The van der Waals surface area contributed by atoms with Crippen LogP contribution in [0.2, 0.25) is 0 Å². The molecule has 1 saturated carbocycles. The molecule has 0 heterocycles. The van der Waals surface area contributed by atoms with Gasteiger partial charge in [0, 0.05) is 6.42 Å². The van der Waals surface area contributed by atoms with E-state index in [1.807, 2.05) is 0 Å². The summed E-state index contributed by atoms with van der Waals surface area (Å²) in [6.45, 7) is 4.22. The van der Waals surface area contributed by atoms with Crippen LogP contribution in [0, 0.1) is 5.92 Å². The first-order chi connectivity index (χ1) is 8.50. The Morgan fingerprint density at radius 2 is 1.89 bits per heavy atom. The standard InChI is InChI=1S/C14H25NO3/c1-3-4-5-6-12(16)15-14(13(17)18)9-7-11(2)8-10-14/h11H,3-10H2,1-2H3,(H,15,16)(H,17,18). The van der Waals surface area contributed by atoms with E-state index in [-0.39, 0.29) is 5.91 Å². The number of carboxylic acid groups (broad SMARTS) is 1. The van der Waals surface area contributed by atoms with E-state index in [9.17, 15) is 14.7 Å². The molecule has 104 valence electrons. The van der Waals surface area contributed by atoms with Crippen LogP contribution in [0.4, 0.5) is 0 Å². The van der Waals surface area contributed by atoms with Crippen molar-refractivity contribution in [3.63, 3.8) is 0 Å². The summed E-state index contributed by atoms with van der Waals surface area (Å²) in [4.78, 5) is 23.2. The topological polar surface area (TPSA) is 66.4 Å². The predicted octanol–water partition coefficient (Wildman–Crippen LogP) is 2.72. The van der Waals surface area contributed by atoms with Crippen LogP contribution >= 0.6 is 0 Å². The lowest BCUT2D eigenvalue weighted by Gasteiger charge is -2.36. The van der Waals surface area contributed by atoms with E-state index >= 15 is 0 Å². The van der Waals surface area contributed by atoms with Gasteiger partial charge in [-0.1, -0.05) is 26.7 Å². The minimum Gasteiger partial charge on any atom is -0.480 e. The second kappa shape index (κ2) is 6.76. The lowest BCUT2D eigenvalue weighted by Crippen LogP contribution is -2.56. The zero-order valence-corrected chi connectivity index (χ0v) is 11.5. The Kier molecular flexibility index (Phi) is 5.63. The van der Waals surface area contributed by atoms with E-state index in [2.05, 4.69) is 19.2 Å². The maximum atomic E-state index is 11.8. The smallest absolute Gasteiger partial charge is 0.329 e. The van der Waals surface area contributed by atoms with Gasteiger partial charge in [-0.05, 0) is 38.0 Å². The molecule has 1 rings (SSSR count). The van der Waals surface area contributed by atoms with Gasteiger partial charge in [0.25, 0.3) is 0 Å². The summed E-state index contributed by atoms with van der Waals surface area (Å²) >= 11 is 0. The molecule has 1 fully saturated rings. The molecule has 0 atom stereocenters. The average Bonchev–Trinajstić information content (AvgIpc) is 2.32. The summed E-state index contributed by atoms with van der Waals surface area (Å²) in [5.41, 5.74) is -1.00. The maximum absolute atomic E-state index is 11.8. The first-order valence-electron chi connectivity index (χ1n) is 7.04. The first kappa shape index (κ1) is 15.0. The van der Waals surface area contributed by atoms with Crippen molar-refractivity contribution < 1.29 is 14.7 Å². The van der Waals surface area contributed by atoms with Gasteiger partial charge in [0.1, 0.15) is 5.54 Å². The van der Waals surface area contributed by atoms with E-state index in [1.54, 1.807) is 0 Å². The molecule has 0 aliphatic heterocycles. The van der Waals surface area contributed by atoms with Crippen molar-refractivity contribution in [2.24, 2.45) is 5.92 Å². The van der Waals surface area contributed by atoms with Gasteiger partial charge in [-0.2, -0.15) is 0 Å². The molecule has 4 nitrogen and oxygen atoms in total. The quantitative estimate of drug-likeness (QED) is 0.717. The van der Waals surface area contributed by atoms with Crippen LogP contribution in [-0.2, 0) is 9.59 Å². The van der Waals surface area contributed by atoms with Gasteiger partial charge in [0.2, 0.25) is 5.91 Å². The summed E-state index contributed by atoms with van der Waals surface area (Å²) < 4.78 is 0. The normalized spacial score (nSPS) is 27.8. The van der Waals surface area contributed by atoms with Gasteiger partial charge in [-0.25, -0.2) is 4.79 Å². The van der Waals surface area contributed by atoms with Crippen molar-refractivity contribution in [1.82, 2.24) is 5.32 Å². The number of hydrogen-bond acceptors (Lipinski definition) is 2. The van der Waals surface area contributed by atoms with Crippen molar-refractivity contribution >= 4 is 11.9 Å². The molecule has 0 aromatic carbocycles. The first-order valence-corrected chi connectivity index (χ1v) is 7.04. The molecule has 1 aliphatic carbocycles. The molecule has 0 spiro atoms. The van der Waals surface area contributed by atoms with Crippen LogP contribution in [0.15, 0.2) is 0 Å². The van der Waals surface area contributed by atoms with Gasteiger partial charge in [0.15, 0.2) is 0 Å². The molecule has 4 heteroatoms. The molecule has 0 unspecified atom stereocenters. The Balaban J connectivity index is 2.52. The number of carbonyl (C=O) groups excluding carboxylic acids is 1. The Bertz CT molecular complexity index is 293. The van der Waals surface area contributed by atoms with Gasteiger partial charge in [-0.15, -0.1) is 0 Å². The fourth-order valence-corrected chi connectivity index (χ4v) is 2.51. The minimum atomic E-state index is -1.00. The highest BCUT2D eigenvalue weighted by Gasteiger charge is 2.42. The molecule has 0 saturated heterocycles. The molecule has 0 radical (unpaired) electrons. The SMILES string of the molecule is CCCCCC(=O)NC1(C(=O)O)CCC(C)CC1. The van der Waals surface area contributed by atoms with Crippen molar-refractivity contribution in [2.45, 2.75) is 70.8 Å². The highest BCUT2D eigenvalue weighted by Crippen LogP contribution is 2.32. The third-order valence-electron chi connectivity index (χ3n) is 3.92. The van der Waals surface area contributed by atoms with Gasteiger partial charge in [-0.3, -0.25) is 4.79 Å². The average molecular weight is 255 g/mol. The number of amides is 1. The van der Waals surface area contributed by atoms with Crippen LogP contribution in [0.25, 0.3) is 0 Å². The van der Waals surface area contributed by atoms with E-state index < -0.39 is 11.5 Å². The van der Waals surface area contributed by atoms with Crippen LogP contribution in [0.1, 0.15) is 65.2 Å². The molecule has 0 aromatic rings. The predicted molar refractivity (Wildman–Crippen MR) is 70.3 cm³/mol. The van der Waals surface area contributed by atoms with Crippen LogP contribution in [0.5, 0.6) is 0 Å². The third kappa shape index (κ3) is 4.00. The van der Waals surface area contributed by atoms with E-state index in [0.29, 0.717) is 25.2 Å². The molecule has 2 N–H and O–H groups in total. The fraction of sp³-hybridized carbons (Fsp3) is 0.857. The Morgan fingerprint density at radius 3 is 2.39 bits per heavy atom. The summed E-state index contributed by atoms with van der Waals surface area (Å²) in [6, 6.07) is 0. The summed E-state index contributed by atoms with van der Waals surface area (Å²) in [7, 11) is 0. The largest absolute Gasteiger partial charge is 0.480 e. The summed E-state index contributed by atoms with van der Waals surface area (Å²) in [5, 5.41) is 12.2. The second-order valence-electron chi connectivity index (χ2n) is 5.58. The number of carbonyl (C=O) groups is 2. The lowest BCUT2D eigenvalue weighted by molar-refractivity contribution is -0.149. The van der Waals surface area contributed by atoms with Crippen LogP contribution in [0.3, 0.4) is 0 Å². The molecular formula is C14H25NO3. The van der Waals surface area contributed by atoms with E-state index in [1.165, 1.54) is 0 Å². The molecular weight excluding hydrogens is 230 g/mol. The number of nitrogens with one attached hydrogen (secondary N) is 1. The zero-order valence-electron chi connectivity index (χ0n) is 11.5. The number of unbranched alkanes of at least 4 members (excludes halogenated alkanes) is 2. The van der Waals surface area contributed by atoms with Crippen LogP contribution in [-0.4, -0.2) is 22.5 Å².